The van der Waals surface area contributed by atoms with E-state index in [4.69, 9.17) is 4.74 Å². The molecule has 0 radical (unpaired) electrons. The van der Waals surface area contributed by atoms with E-state index in [2.05, 4.69) is 58.7 Å². The Morgan fingerprint density at radius 2 is 1.77 bits per heavy atom. The molecule has 0 saturated heterocycles. The zero-order valence-electron chi connectivity index (χ0n) is 15.5. The summed E-state index contributed by atoms with van der Waals surface area (Å²) < 4.78 is 5.72. The van der Waals surface area contributed by atoms with E-state index in [1.807, 2.05) is 6.07 Å². The van der Waals surface area contributed by atoms with Crippen molar-refractivity contribution in [1.29, 1.82) is 0 Å². The molecule has 0 aromatic carbocycles. The zero-order chi connectivity index (χ0) is 16.6. The predicted octanol–water partition coefficient (Wildman–Crippen LogP) is 5.90. The van der Waals surface area contributed by atoms with Gasteiger partial charge in [0, 0.05) is 11.8 Å². The summed E-state index contributed by atoms with van der Waals surface area (Å²) in [5.74, 6) is 2.11. The molecule has 0 fully saturated rings. The number of aryl methyl sites for hydroxylation is 1. The van der Waals surface area contributed by atoms with Gasteiger partial charge in [-0.05, 0) is 42.6 Å². The minimum Gasteiger partial charge on any atom is -0.477 e. The van der Waals surface area contributed by atoms with Crippen LogP contribution in [0.4, 0.5) is 0 Å². The summed E-state index contributed by atoms with van der Waals surface area (Å²) >= 11 is 0. The molecule has 126 valence electrons. The second kappa shape index (κ2) is 9.17. The van der Waals surface area contributed by atoms with Gasteiger partial charge in [0.1, 0.15) is 0 Å². The first-order chi connectivity index (χ1) is 10.3. The average molecular weight is 306 g/mol. The zero-order valence-corrected chi connectivity index (χ0v) is 15.5. The molecule has 1 aromatic rings. The third kappa shape index (κ3) is 8.41. The van der Waals surface area contributed by atoms with Crippen molar-refractivity contribution in [3.05, 3.63) is 23.9 Å². The van der Waals surface area contributed by atoms with E-state index >= 15 is 0 Å². The van der Waals surface area contributed by atoms with Crippen molar-refractivity contribution in [3.63, 3.8) is 0 Å². The normalized spacial score (nSPS) is 12.2. The molecule has 2 heteroatoms. The second-order valence-electron chi connectivity index (χ2n) is 8.12. The number of hydrogen-bond donors (Lipinski definition) is 0. The fraction of sp³-hybridized carbons (Fsp3) is 0.750. The Labute approximate surface area is 137 Å². The van der Waals surface area contributed by atoms with Crippen molar-refractivity contribution in [2.45, 2.75) is 73.6 Å². The third-order valence-corrected chi connectivity index (χ3v) is 4.04. The number of nitrogens with zero attached hydrogens (tertiary/aromatic N) is 1. The van der Waals surface area contributed by atoms with E-state index in [0.29, 0.717) is 11.3 Å². The van der Waals surface area contributed by atoms with Gasteiger partial charge in [-0.25, -0.2) is 4.98 Å². The fourth-order valence-corrected chi connectivity index (χ4v) is 2.51. The van der Waals surface area contributed by atoms with Crippen molar-refractivity contribution in [3.8, 4) is 5.88 Å². The first-order valence-corrected chi connectivity index (χ1v) is 8.87. The summed E-state index contributed by atoms with van der Waals surface area (Å²) in [5.41, 5.74) is 1.55. The molecule has 0 bridgehead atoms. The van der Waals surface area contributed by atoms with Gasteiger partial charge in [0.2, 0.25) is 5.88 Å². The second-order valence-corrected chi connectivity index (χ2v) is 8.12. The molecule has 0 saturated carbocycles. The molecule has 0 N–H and O–H groups in total. The quantitative estimate of drug-likeness (QED) is 0.536. The summed E-state index contributed by atoms with van der Waals surface area (Å²) in [6, 6.07) is 6.13. The van der Waals surface area contributed by atoms with Crippen LogP contribution in [0.2, 0.25) is 0 Å². The highest BCUT2D eigenvalue weighted by molar-refractivity contribution is 5.16. The Kier molecular flexibility index (Phi) is 7.92. The first kappa shape index (κ1) is 19.0. The lowest BCUT2D eigenvalue weighted by atomic mass is 9.81. The van der Waals surface area contributed by atoms with Crippen molar-refractivity contribution < 1.29 is 4.74 Å². The van der Waals surface area contributed by atoms with E-state index in [1.54, 1.807) is 0 Å². The van der Waals surface area contributed by atoms with Crippen LogP contribution in [0.1, 0.15) is 72.9 Å². The average Bonchev–Trinajstić information content (AvgIpc) is 2.43. The molecule has 0 aliphatic carbocycles. The Hall–Kier alpha value is -1.05. The first-order valence-electron chi connectivity index (χ1n) is 8.87. The van der Waals surface area contributed by atoms with Crippen molar-refractivity contribution >= 4 is 0 Å². The van der Waals surface area contributed by atoms with Gasteiger partial charge < -0.3 is 4.74 Å². The minimum absolute atomic E-state index is 0.394. The topological polar surface area (TPSA) is 22.1 Å². The van der Waals surface area contributed by atoms with E-state index < -0.39 is 0 Å². The van der Waals surface area contributed by atoms with Crippen LogP contribution in [0.3, 0.4) is 0 Å². The lowest BCUT2D eigenvalue weighted by molar-refractivity contribution is 0.259. The molecule has 1 aromatic heterocycles. The van der Waals surface area contributed by atoms with Gasteiger partial charge in [-0.2, -0.15) is 0 Å². The molecule has 1 heterocycles. The Bertz CT molecular complexity index is 423. The molecule has 0 atom stereocenters. The van der Waals surface area contributed by atoms with E-state index in [0.717, 1.165) is 30.5 Å². The summed E-state index contributed by atoms with van der Waals surface area (Å²) in [4.78, 5) is 4.63. The highest BCUT2D eigenvalue weighted by atomic mass is 16.5. The fourth-order valence-electron chi connectivity index (χ4n) is 2.51. The molecule has 1 rings (SSSR count). The molecule has 0 spiro atoms. The van der Waals surface area contributed by atoms with Crippen molar-refractivity contribution in [1.82, 2.24) is 4.98 Å². The maximum atomic E-state index is 5.72. The number of pyridine rings is 1. The summed E-state index contributed by atoms with van der Waals surface area (Å²) in [7, 11) is 0. The SMILES string of the molecule is CC(C)CCCC(C)(C)CCc1cccc(OCC(C)C)n1. The molecule has 0 aliphatic rings. The molecule has 0 unspecified atom stereocenters. The van der Waals surface area contributed by atoms with Gasteiger partial charge in [-0.3, -0.25) is 0 Å². The Balaban J connectivity index is 2.44. The van der Waals surface area contributed by atoms with Crippen LogP contribution in [-0.4, -0.2) is 11.6 Å². The number of aromatic nitrogens is 1. The van der Waals surface area contributed by atoms with Crippen LogP contribution in [-0.2, 0) is 6.42 Å². The largest absolute Gasteiger partial charge is 0.477 e. The van der Waals surface area contributed by atoms with Gasteiger partial charge in [0.05, 0.1) is 6.61 Å². The maximum absolute atomic E-state index is 5.72. The monoisotopic (exact) mass is 305 g/mol. The van der Waals surface area contributed by atoms with Crippen LogP contribution in [0.5, 0.6) is 5.88 Å². The third-order valence-electron chi connectivity index (χ3n) is 4.04. The number of ether oxygens (including phenoxy) is 1. The molecule has 22 heavy (non-hydrogen) atoms. The lowest BCUT2D eigenvalue weighted by Crippen LogP contribution is -2.13. The van der Waals surface area contributed by atoms with Crippen LogP contribution in [0, 0.1) is 17.3 Å². The molecule has 2 nitrogen and oxygen atoms in total. The smallest absolute Gasteiger partial charge is 0.213 e. The minimum atomic E-state index is 0.394. The van der Waals surface area contributed by atoms with Gasteiger partial charge in [-0.1, -0.05) is 60.5 Å². The number of rotatable bonds is 10. The lowest BCUT2D eigenvalue weighted by Gasteiger charge is -2.25. The van der Waals surface area contributed by atoms with Crippen LogP contribution < -0.4 is 4.74 Å². The standard InChI is InChI=1S/C20H35NO/c1-16(2)9-8-13-20(5,6)14-12-18-10-7-11-19(21-18)22-15-17(3)4/h7,10-11,16-17H,8-9,12-15H2,1-6H3. The highest BCUT2D eigenvalue weighted by Gasteiger charge is 2.18. The summed E-state index contributed by atoms with van der Waals surface area (Å²) in [6.45, 7) is 14.4. The molecular weight excluding hydrogens is 270 g/mol. The van der Waals surface area contributed by atoms with Gasteiger partial charge in [0.15, 0.2) is 0 Å². The Morgan fingerprint density at radius 1 is 1.05 bits per heavy atom. The number of hydrogen-bond acceptors (Lipinski definition) is 2. The predicted molar refractivity (Wildman–Crippen MR) is 95.4 cm³/mol. The van der Waals surface area contributed by atoms with E-state index in [1.165, 1.54) is 25.7 Å². The van der Waals surface area contributed by atoms with E-state index in [-0.39, 0.29) is 0 Å². The Morgan fingerprint density at radius 3 is 2.41 bits per heavy atom. The van der Waals surface area contributed by atoms with Crippen LogP contribution in [0.15, 0.2) is 18.2 Å². The molecule has 0 amide bonds. The van der Waals surface area contributed by atoms with Crippen LogP contribution >= 0.6 is 0 Å². The van der Waals surface area contributed by atoms with Crippen molar-refractivity contribution in [2.24, 2.45) is 17.3 Å². The van der Waals surface area contributed by atoms with E-state index in [9.17, 15) is 0 Å². The maximum Gasteiger partial charge on any atom is 0.213 e. The van der Waals surface area contributed by atoms with Gasteiger partial charge >= 0.3 is 0 Å². The molecule has 0 aliphatic heterocycles. The van der Waals surface area contributed by atoms with Crippen LogP contribution in [0.25, 0.3) is 0 Å². The highest BCUT2D eigenvalue weighted by Crippen LogP contribution is 2.30. The van der Waals surface area contributed by atoms with Gasteiger partial charge in [0.25, 0.3) is 0 Å². The van der Waals surface area contributed by atoms with Crippen molar-refractivity contribution in [2.75, 3.05) is 6.61 Å². The summed E-state index contributed by atoms with van der Waals surface area (Å²) in [6.07, 6.45) is 6.18. The van der Waals surface area contributed by atoms with Gasteiger partial charge in [-0.15, -0.1) is 0 Å². The molecular formula is C20H35NO. The summed E-state index contributed by atoms with van der Waals surface area (Å²) in [5, 5.41) is 0.